The summed E-state index contributed by atoms with van der Waals surface area (Å²) in [5.74, 6) is 0.406. The van der Waals surface area contributed by atoms with E-state index in [0.717, 1.165) is 25.2 Å². The first kappa shape index (κ1) is 9.96. The standard InChI is InChI=1S/C11H15N3O/c1-3-11(15)14-7-4-9(8-14)10-5-6-13(2)12-10/h3,5-6,9H,1,4,7-8H2,2H3. The molecule has 0 radical (unpaired) electrons. The molecule has 0 N–H and O–H groups in total. The highest BCUT2D eigenvalue weighted by atomic mass is 16.2. The van der Waals surface area contributed by atoms with Crippen LogP contribution in [-0.4, -0.2) is 33.7 Å². The molecular weight excluding hydrogens is 190 g/mol. The van der Waals surface area contributed by atoms with Crippen molar-refractivity contribution in [2.45, 2.75) is 12.3 Å². The van der Waals surface area contributed by atoms with Crippen LogP contribution in [0.2, 0.25) is 0 Å². The molecule has 4 nitrogen and oxygen atoms in total. The van der Waals surface area contributed by atoms with Crippen LogP contribution in [0.15, 0.2) is 24.9 Å². The minimum atomic E-state index is 0.0217. The normalized spacial score (nSPS) is 20.6. The van der Waals surface area contributed by atoms with Crippen molar-refractivity contribution in [3.8, 4) is 0 Å². The zero-order valence-electron chi connectivity index (χ0n) is 8.89. The summed E-state index contributed by atoms with van der Waals surface area (Å²) < 4.78 is 1.80. The molecule has 1 amide bonds. The minimum absolute atomic E-state index is 0.0217. The van der Waals surface area contributed by atoms with Crippen molar-refractivity contribution in [2.75, 3.05) is 13.1 Å². The molecule has 1 unspecified atom stereocenters. The highest BCUT2D eigenvalue weighted by Gasteiger charge is 2.27. The highest BCUT2D eigenvalue weighted by molar-refractivity contribution is 5.87. The Morgan fingerprint density at radius 2 is 2.53 bits per heavy atom. The van der Waals surface area contributed by atoms with Crippen molar-refractivity contribution in [2.24, 2.45) is 7.05 Å². The summed E-state index contributed by atoms with van der Waals surface area (Å²) in [6, 6.07) is 2.02. The van der Waals surface area contributed by atoms with Crippen molar-refractivity contribution < 1.29 is 4.79 Å². The lowest BCUT2D eigenvalue weighted by Crippen LogP contribution is -2.26. The average Bonchev–Trinajstić information content (AvgIpc) is 2.84. The lowest BCUT2D eigenvalue weighted by atomic mass is 10.1. The van der Waals surface area contributed by atoms with Gasteiger partial charge in [-0.25, -0.2) is 0 Å². The first-order chi connectivity index (χ1) is 7.20. The lowest BCUT2D eigenvalue weighted by Gasteiger charge is -2.12. The Morgan fingerprint density at radius 3 is 3.13 bits per heavy atom. The summed E-state index contributed by atoms with van der Waals surface area (Å²) in [7, 11) is 1.91. The minimum Gasteiger partial charge on any atom is -0.338 e. The van der Waals surface area contributed by atoms with Crippen molar-refractivity contribution >= 4 is 5.91 Å². The molecule has 1 saturated heterocycles. The molecular formula is C11H15N3O. The maximum absolute atomic E-state index is 11.4. The van der Waals surface area contributed by atoms with Gasteiger partial charge in [-0.15, -0.1) is 0 Å². The maximum Gasteiger partial charge on any atom is 0.245 e. The van der Waals surface area contributed by atoms with Gasteiger partial charge in [0.25, 0.3) is 0 Å². The van der Waals surface area contributed by atoms with Gasteiger partial charge in [0.1, 0.15) is 0 Å². The Kier molecular flexibility index (Phi) is 2.58. The Bertz CT molecular complexity index is 383. The van der Waals surface area contributed by atoms with Crippen LogP contribution < -0.4 is 0 Å². The quantitative estimate of drug-likeness (QED) is 0.673. The van der Waals surface area contributed by atoms with E-state index in [1.54, 1.807) is 4.68 Å². The summed E-state index contributed by atoms with van der Waals surface area (Å²) in [6.07, 6.45) is 4.31. The van der Waals surface area contributed by atoms with E-state index in [0.29, 0.717) is 5.92 Å². The van der Waals surface area contributed by atoms with E-state index in [4.69, 9.17) is 0 Å². The summed E-state index contributed by atoms with van der Waals surface area (Å²) in [5.41, 5.74) is 1.08. The first-order valence-electron chi connectivity index (χ1n) is 5.11. The third-order valence-electron chi connectivity index (χ3n) is 2.83. The van der Waals surface area contributed by atoms with Crippen molar-refractivity contribution in [1.82, 2.24) is 14.7 Å². The van der Waals surface area contributed by atoms with Gasteiger partial charge in [0.2, 0.25) is 5.91 Å². The van der Waals surface area contributed by atoms with Crippen molar-refractivity contribution in [3.05, 3.63) is 30.6 Å². The molecule has 1 fully saturated rings. The van der Waals surface area contributed by atoms with E-state index in [1.165, 1.54) is 6.08 Å². The van der Waals surface area contributed by atoms with Gasteiger partial charge in [0, 0.05) is 32.3 Å². The Hall–Kier alpha value is -1.58. The summed E-state index contributed by atoms with van der Waals surface area (Å²) in [5, 5.41) is 4.37. The number of carbonyl (C=O) groups excluding carboxylic acids is 1. The number of aryl methyl sites for hydroxylation is 1. The molecule has 15 heavy (non-hydrogen) atoms. The van der Waals surface area contributed by atoms with Gasteiger partial charge in [-0.3, -0.25) is 9.48 Å². The summed E-state index contributed by atoms with van der Waals surface area (Å²) in [4.78, 5) is 13.2. The second-order valence-electron chi connectivity index (χ2n) is 3.89. The fraction of sp³-hybridized carbons (Fsp3) is 0.455. The number of hydrogen-bond donors (Lipinski definition) is 0. The van der Waals surface area contributed by atoms with E-state index in [2.05, 4.69) is 11.7 Å². The second kappa shape index (κ2) is 3.88. The molecule has 0 saturated carbocycles. The van der Waals surface area contributed by atoms with Gasteiger partial charge in [-0.2, -0.15) is 5.10 Å². The smallest absolute Gasteiger partial charge is 0.245 e. The number of rotatable bonds is 2. The molecule has 0 spiro atoms. The van der Waals surface area contributed by atoms with Gasteiger partial charge in [-0.05, 0) is 18.6 Å². The van der Waals surface area contributed by atoms with Crippen molar-refractivity contribution in [1.29, 1.82) is 0 Å². The average molecular weight is 205 g/mol. The highest BCUT2D eigenvalue weighted by Crippen LogP contribution is 2.25. The van der Waals surface area contributed by atoms with Gasteiger partial charge >= 0.3 is 0 Å². The van der Waals surface area contributed by atoms with E-state index in [-0.39, 0.29) is 5.91 Å². The molecule has 1 aromatic rings. The molecule has 1 atom stereocenters. The summed E-state index contributed by atoms with van der Waals surface area (Å²) in [6.45, 7) is 5.07. The topological polar surface area (TPSA) is 38.1 Å². The SMILES string of the molecule is C=CC(=O)N1CCC(c2ccn(C)n2)C1. The fourth-order valence-electron chi connectivity index (χ4n) is 1.98. The molecule has 80 valence electrons. The summed E-state index contributed by atoms with van der Waals surface area (Å²) >= 11 is 0. The monoisotopic (exact) mass is 205 g/mol. The van der Waals surface area contributed by atoms with Crippen LogP contribution >= 0.6 is 0 Å². The predicted octanol–water partition coefficient (Wildman–Crippen LogP) is 0.922. The fourth-order valence-corrected chi connectivity index (χ4v) is 1.98. The van der Waals surface area contributed by atoms with Crippen LogP contribution in [0.5, 0.6) is 0 Å². The third kappa shape index (κ3) is 1.93. The van der Waals surface area contributed by atoms with Crippen LogP contribution in [0.4, 0.5) is 0 Å². The van der Waals surface area contributed by atoms with Crippen LogP contribution in [-0.2, 0) is 11.8 Å². The zero-order valence-corrected chi connectivity index (χ0v) is 8.89. The number of hydrogen-bond acceptors (Lipinski definition) is 2. The van der Waals surface area contributed by atoms with Gasteiger partial charge in [-0.1, -0.05) is 6.58 Å². The van der Waals surface area contributed by atoms with Crippen LogP contribution in [0, 0.1) is 0 Å². The van der Waals surface area contributed by atoms with E-state index < -0.39 is 0 Å². The second-order valence-corrected chi connectivity index (χ2v) is 3.89. The third-order valence-corrected chi connectivity index (χ3v) is 2.83. The van der Waals surface area contributed by atoms with Crippen molar-refractivity contribution in [3.63, 3.8) is 0 Å². The van der Waals surface area contributed by atoms with E-state index in [9.17, 15) is 4.79 Å². The number of likely N-dealkylation sites (tertiary alicyclic amines) is 1. The largest absolute Gasteiger partial charge is 0.338 e. The Morgan fingerprint density at radius 1 is 1.73 bits per heavy atom. The number of amides is 1. The number of aromatic nitrogens is 2. The lowest BCUT2D eigenvalue weighted by molar-refractivity contribution is -0.125. The first-order valence-corrected chi connectivity index (χ1v) is 5.11. The van der Waals surface area contributed by atoms with E-state index in [1.807, 2.05) is 24.2 Å². The molecule has 1 aliphatic heterocycles. The number of nitrogens with zero attached hydrogens (tertiary/aromatic N) is 3. The molecule has 0 aromatic carbocycles. The van der Waals surface area contributed by atoms with Gasteiger partial charge < -0.3 is 4.90 Å². The molecule has 2 heterocycles. The Balaban J connectivity index is 2.04. The molecule has 1 aliphatic rings. The molecule has 1 aromatic heterocycles. The van der Waals surface area contributed by atoms with Crippen LogP contribution in [0.1, 0.15) is 18.0 Å². The van der Waals surface area contributed by atoms with Gasteiger partial charge in [0.05, 0.1) is 5.69 Å². The molecule has 2 rings (SSSR count). The molecule has 0 aliphatic carbocycles. The van der Waals surface area contributed by atoms with E-state index >= 15 is 0 Å². The molecule has 4 heteroatoms. The zero-order chi connectivity index (χ0) is 10.8. The molecule has 0 bridgehead atoms. The van der Waals surface area contributed by atoms with Gasteiger partial charge in [0.15, 0.2) is 0 Å². The number of carbonyl (C=O) groups is 1. The predicted molar refractivity (Wildman–Crippen MR) is 57.3 cm³/mol. The van der Waals surface area contributed by atoms with Crippen LogP contribution in [0.3, 0.4) is 0 Å². The maximum atomic E-state index is 11.4. The van der Waals surface area contributed by atoms with Crippen LogP contribution in [0.25, 0.3) is 0 Å². The Labute approximate surface area is 89.2 Å².